The molecule has 2 rings (SSSR count). The smallest absolute Gasteiger partial charge is 0.265 e. The molecular formula is C19H23NO3. The van der Waals surface area contributed by atoms with E-state index >= 15 is 0 Å². The fourth-order valence-corrected chi connectivity index (χ4v) is 2.17. The van der Waals surface area contributed by atoms with Crippen LogP contribution in [0.4, 0.5) is 5.69 Å². The highest BCUT2D eigenvalue weighted by Crippen LogP contribution is 2.22. The average molecular weight is 313 g/mol. The minimum absolute atomic E-state index is 0.195. The quantitative estimate of drug-likeness (QED) is 0.873. The van der Waals surface area contributed by atoms with Gasteiger partial charge >= 0.3 is 0 Å². The molecule has 0 aliphatic heterocycles. The summed E-state index contributed by atoms with van der Waals surface area (Å²) >= 11 is 0. The summed E-state index contributed by atoms with van der Waals surface area (Å²) in [5, 5.41) is 2.85. The number of rotatable bonds is 6. The lowest BCUT2D eigenvalue weighted by molar-refractivity contribution is -0.122. The Morgan fingerprint density at radius 3 is 2.65 bits per heavy atom. The first-order valence-electron chi connectivity index (χ1n) is 7.78. The third kappa shape index (κ3) is 4.49. The summed E-state index contributed by atoms with van der Waals surface area (Å²) in [5.41, 5.74) is 2.88. The number of benzene rings is 2. The first kappa shape index (κ1) is 16.9. The van der Waals surface area contributed by atoms with Gasteiger partial charge in [0.2, 0.25) is 0 Å². The number of carbonyl (C=O) groups excluding carboxylic acids is 1. The molecular weight excluding hydrogens is 290 g/mol. The molecule has 0 heterocycles. The second-order valence-corrected chi connectivity index (χ2v) is 5.41. The van der Waals surface area contributed by atoms with Gasteiger partial charge in [-0.2, -0.15) is 0 Å². The normalized spacial score (nSPS) is 11.7. The van der Waals surface area contributed by atoms with Crippen molar-refractivity contribution < 1.29 is 14.3 Å². The summed E-state index contributed by atoms with van der Waals surface area (Å²) < 4.78 is 11.2. The van der Waals surface area contributed by atoms with Gasteiger partial charge < -0.3 is 14.8 Å². The SMILES string of the molecule is CCOc1cccc(NC(=O)C(C)Oc2cccc(C)c2C)c1. The van der Waals surface area contributed by atoms with E-state index in [0.717, 1.165) is 22.6 Å². The molecule has 4 heteroatoms. The lowest BCUT2D eigenvalue weighted by Crippen LogP contribution is -2.30. The molecule has 1 N–H and O–H groups in total. The second-order valence-electron chi connectivity index (χ2n) is 5.41. The Labute approximate surface area is 137 Å². The zero-order valence-electron chi connectivity index (χ0n) is 14.1. The van der Waals surface area contributed by atoms with Crippen LogP contribution in [0.15, 0.2) is 42.5 Å². The Bertz CT molecular complexity index is 682. The van der Waals surface area contributed by atoms with Gasteiger partial charge in [0, 0.05) is 11.8 Å². The summed E-state index contributed by atoms with van der Waals surface area (Å²) in [7, 11) is 0. The Morgan fingerprint density at radius 1 is 1.17 bits per heavy atom. The van der Waals surface area contributed by atoms with Gasteiger partial charge in [-0.15, -0.1) is 0 Å². The molecule has 4 nitrogen and oxygen atoms in total. The molecule has 0 spiro atoms. The van der Waals surface area contributed by atoms with Gasteiger partial charge in [-0.1, -0.05) is 18.2 Å². The van der Waals surface area contributed by atoms with E-state index in [1.807, 2.05) is 57.2 Å². The van der Waals surface area contributed by atoms with Gasteiger partial charge in [-0.05, 0) is 57.0 Å². The number of hydrogen-bond donors (Lipinski definition) is 1. The van der Waals surface area contributed by atoms with Crippen LogP contribution in [0, 0.1) is 13.8 Å². The van der Waals surface area contributed by atoms with Crippen molar-refractivity contribution in [3.63, 3.8) is 0 Å². The Balaban J connectivity index is 2.02. The molecule has 0 aliphatic carbocycles. The van der Waals surface area contributed by atoms with Crippen molar-refractivity contribution in [1.29, 1.82) is 0 Å². The van der Waals surface area contributed by atoms with E-state index in [2.05, 4.69) is 5.32 Å². The maximum absolute atomic E-state index is 12.3. The largest absolute Gasteiger partial charge is 0.494 e. The topological polar surface area (TPSA) is 47.6 Å². The molecule has 2 aromatic rings. The minimum atomic E-state index is -0.591. The van der Waals surface area contributed by atoms with E-state index in [-0.39, 0.29) is 5.91 Å². The van der Waals surface area contributed by atoms with Crippen molar-refractivity contribution in [2.24, 2.45) is 0 Å². The Morgan fingerprint density at radius 2 is 1.91 bits per heavy atom. The Kier molecular flexibility index (Phi) is 5.63. The molecule has 2 aromatic carbocycles. The van der Waals surface area contributed by atoms with Crippen LogP contribution in [0.2, 0.25) is 0 Å². The van der Waals surface area contributed by atoms with Crippen molar-refractivity contribution in [3.8, 4) is 11.5 Å². The molecule has 0 radical (unpaired) electrons. The lowest BCUT2D eigenvalue weighted by Gasteiger charge is -2.17. The van der Waals surface area contributed by atoms with Gasteiger partial charge in [0.05, 0.1) is 6.61 Å². The maximum Gasteiger partial charge on any atom is 0.265 e. The number of amides is 1. The molecule has 0 aliphatic rings. The van der Waals surface area contributed by atoms with E-state index < -0.39 is 6.10 Å². The van der Waals surface area contributed by atoms with Crippen molar-refractivity contribution in [2.45, 2.75) is 33.8 Å². The van der Waals surface area contributed by atoms with Crippen LogP contribution in [0.5, 0.6) is 11.5 Å². The summed E-state index contributed by atoms with van der Waals surface area (Å²) in [4.78, 5) is 12.3. The third-order valence-corrected chi connectivity index (χ3v) is 3.64. The van der Waals surface area contributed by atoms with Crippen LogP contribution in [-0.4, -0.2) is 18.6 Å². The molecule has 1 atom stereocenters. The van der Waals surface area contributed by atoms with E-state index in [4.69, 9.17) is 9.47 Å². The van der Waals surface area contributed by atoms with Crippen LogP contribution in [0.25, 0.3) is 0 Å². The van der Waals surface area contributed by atoms with Gasteiger partial charge in [-0.3, -0.25) is 4.79 Å². The molecule has 23 heavy (non-hydrogen) atoms. The van der Waals surface area contributed by atoms with Crippen molar-refractivity contribution in [2.75, 3.05) is 11.9 Å². The first-order chi connectivity index (χ1) is 11.0. The molecule has 0 aromatic heterocycles. The minimum Gasteiger partial charge on any atom is -0.494 e. The van der Waals surface area contributed by atoms with E-state index in [0.29, 0.717) is 12.3 Å². The van der Waals surface area contributed by atoms with Crippen molar-refractivity contribution >= 4 is 11.6 Å². The predicted octanol–water partition coefficient (Wildman–Crippen LogP) is 4.11. The number of anilines is 1. The van der Waals surface area contributed by atoms with Gasteiger partial charge in [0.1, 0.15) is 11.5 Å². The molecule has 1 amide bonds. The molecule has 0 saturated heterocycles. The number of aryl methyl sites for hydroxylation is 1. The zero-order valence-corrected chi connectivity index (χ0v) is 14.1. The van der Waals surface area contributed by atoms with E-state index in [1.54, 1.807) is 13.0 Å². The summed E-state index contributed by atoms with van der Waals surface area (Å²) in [6.07, 6.45) is -0.591. The highest BCUT2D eigenvalue weighted by atomic mass is 16.5. The fourth-order valence-electron chi connectivity index (χ4n) is 2.17. The van der Waals surface area contributed by atoms with Gasteiger partial charge in [0.15, 0.2) is 6.10 Å². The number of ether oxygens (including phenoxy) is 2. The standard InChI is InChI=1S/C19H23NO3/c1-5-22-17-10-7-9-16(12-17)20-19(21)15(4)23-18-11-6-8-13(2)14(18)3/h6-12,15H,5H2,1-4H3,(H,20,21). The molecule has 0 bridgehead atoms. The van der Waals surface area contributed by atoms with E-state index in [9.17, 15) is 4.79 Å². The Hall–Kier alpha value is -2.49. The first-order valence-corrected chi connectivity index (χ1v) is 7.78. The predicted molar refractivity (Wildman–Crippen MR) is 92.2 cm³/mol. The number of carbonyl (C=O) groups is 1. The van der Waals surface area contributed by atoms with E-state index in [1.165, 1.54) is 0 Å². The van der Waals surface area contributed by atoms with Crippen LogP contribution in [0.3, 0.4) is 0 Å². The third-order valence-electron chi connectivity index (χ3n) is 3.64. The van der Waals surface area contributed by atoms with Crippen LogP contribution < -0.4 is 14.8 Å². The maximum atomic E-state index is 12.3. The average Bonchev–Trinajstić information content (AvgIpc) is 2.52. The summed E-state index contributed by atoms with van der Waals surface area (Å²) in [5.74, 6) is 1.27. The van der Waals surface area contributed by atoms with Crippen LogP contribution in [-0.2, 0) is 4.79 Å². The molecule has 122 valence electrons. The van der Waals surface area contributed by atoms with Gasteiger partial charge in [-0.25, -0.2) is 0 Å². The van der Waals surface area contributed by atoms with Crippen LogP contribution >= 0.6 is 0 Å². The molecule has 0 fully saturated rings. The highest BCUT2D eigenvalue weighted by molar-refractivity contribution is 5.94. The van der Waals surface area contributed by atoms with Gasteiger partial charge in [0.25, 0.3) is 5.91 Å². The number of nitrogens with one attached hydrogen (secondary N) is 1. The van der Waals surface area contributed by atoms with Crippen molar-refractivity contribution in [1.82, 2.24) is 0 Å². The number of hydrogen-bond acceptors (Lipinski definition) is 3. The second kappa shape index (κ2) is 7.68. The molecule has 1 unspecified atom stereocenters. The zero-order chi connectivity index (χ0) is 16.8. The summed E-state index contributed by atoms with van der Waals surface area (Å²) in [6, 6.07) is 13.1. The lowest BCUT2D eigenvalue weighted by atomic mass is 10.1. The molecule has 0 saturated carbocycles. The highest BCUT2D eigenvalue weighted by Gasteiger charge is 2.16. The van der Waals surface area contributed by atoms with Crippen LogP contribution in [0.1, 0.15) is 25.0 Å². The fraction of sp³-hybridized carbons (Fsp3) is 0.316. The summed E-state index contributed by atoms with van der Waals surface area (Å²) in [6.45, 7) is 8.26. The van der Waals surface area contributed by atoms with Crippen molar-refractivity contribution in [3.05, 3.63) is 53.6 Å². The monoisotopic (exact) mass is 313 g/mol.